The average molecular weight is 167 g/mol. The van der Waals surface area contributed by atoms with Crippen LogP contribution in [0.5, 0.6) is 0 Å². The molecule has 0 aliphatic carbocycles. The summed E-state index contributed by atoms with van der Waals surface area (Å²) in [5.41, 5.74) is 4.25. The van der Waals surface area contributed by atoms with Crippen molar-refractivity contribution in [1.29, 1.82) is 0 Å². The predicted octanol–water partition coefficient (Wildman–Crippen LogP) is 1.78. The van der Waals surface area contributed by atoms with Gasteiger partial charge in [-0.15, -0.1) is 0 Å². The fraction of sp³-hybridized carbons (Fsp3) is 0.333. The molecule has 0 saturated heterocycles. The van der Waals surface area contributed by atoms with E-state index in [2.05, 4.69) is 53.3 Å². The molecule has 0 spiro atoms. The monoisotopic (exact) mass is 167 g/mol. The fourth-order valence-electron chi connectivity index (χ4n) is 0.956. The van der Waals surface area contributed by atoms with Gasteiger partial charge in [-0.3, -0.25) is 0 Å². The summed E-state index contributed by atoms with van der Waals surface area (Å²) in [6.07, 6.45) is 0. The summed E-state index contributed by atoms with van der Waals surface area (Å²) in [4.78, 5) is 0. The first-order valence-corrected chi connectivity index (χ1v) is 4.19. The van der Waals surface area contributed by atoms with Gasteiger partial charge in [-0.05, 0) is 0 Å². The maximum atomic E-state index is 2.18. The van der Waals surface area contributed by atoms with Crippen LogP contribution in [0.4, 0.5) is 0 Å². The quantitative estimate of drug-likeness (QED) is 0.516. The molecule has 0 radical (unpaired) electrons. The van der Waals surface area contributed by atoms with E-state index in [1.165, 1.54) is 20.6 Å². The summed E-state index contributed by atoms with van der Waals surface area (Å²) in [5, 5.41) is 0. The molecule has 0 unspecified atom stereocenters. The van der Waals surface area contributed by atoms with Crippen molar-refractivity contribution in [3.8, 4) is 0 Å². The summed E-state index contributed by atoms with van der Waals surface area (Å²) >= 11 is 2.15. The van der Waals surface area contributed by atoms with Gasteiger partial charge in [-0.25, -0.2) is 0 Å². The average Bonchev–Trinajstić information content (AvgIpc) is 1.93. The van der Waals surface area contributed by atoms with Crippen molar-refractivity contribution in [2.45, 2.75) is 20.8 Å². The van der Waals surface area contributed by atoms with E-state index in [9.17, 15) is 0 Å². The molecule has 10 heavy (non-hydrogen) atoms. The molecule has 0 bridgehead atoms. The van der Waals surface area contributed by atoms with Gasteiger partial charge in [0.2, 0.25) is 0 Å². The first kappa shape index (κ1) is 8.03. The van der Waals surface area contributed by atoms with Crippen LogP contribution in [0.25, 0.3) is 0 Å². The van der Waals surface area contributed by atoms with Gasteiger partial charge in [0.25, 0.3) is 0 Å². The first-order chi connectivity index (χ1) is 4.63. The Kier molecular flexibility index (Phi) is 2.33. The number of aryl methyl sites for hydroxylation is 1. The summed E-state index contributed by atoms with van der Waals surface area (Å²) < 4.78 is 1.39. The topological polar surface area (TPSA) is 0 Å². The predicted molar refractivity (Wildman–Crippen MR) is 40.3 cm³/mol. The molecule has 1 aromatic rings. The Balaban J connectivity index is 3.34. The molecule has 0 N–H and O–H groups in total. The molecule has 1 rings (SSSR count). The van der Waals surface area contributed by atoms with E-state index in [-0.39, 0.29) is 0 Å². The molecule has 0 heterocycles. The van der Waals surface area contributed by atoms with E-state index in [1.807, 2.05) is 0 Å². The number of hydrogen-bond acceptors (Lipinski definition) is 0. The molecule has 1 aromatic carbocycles. The second-order valence-electron chi connectivity index (χ2n) is 2.68. The van der Waals surface area contributed by atoms with Crippen molar-refractivity contribution in [3.63, 3.8) is 0 Å². The van der Waals surface area contributed by atoms with Gasteiger partial charge in [0, 0.05) is 0 Å². The van der Waals surface area contributed by atoms with Crippen LogP contribution in [0.3, 0.4) is 0 Å². The van der Waals surface area contributed by atoms with Gasteiger partial charge in [0.1, 0.15) is 0 Å². The van der Waals surface area contributed by atoms with Crippen molar-refractivity contribution in [1.82, 2.24) is 0 Å². The van der Waals surface area contributed by atoms with Crippen LogP contribution in [-0.2, 0) is 20.4 Å². The number of hydrogen-bond donors (Lipinski definition) is 0. The molecule has 0 nitrogen and oxygen atoms in total. The zero-order valence-electron chi connectivity index (χ0n) is 6.65. The van der Waals surface area contributed by atoms with Crippen molar-refractivity contribution in [2.24, 2.45) is 0 Å². The van der Waals surface area contributed by atoms with Crippen LogP contribution in [0.2, 0.25) is 0 Å². The summed E-state index contributed by atoms with van der Waals surface area (Å²) in [6, 6.07) is 4.36. The van der Waals surface area contributed by atoms with Crippen molar-refractivity contribution < 1.29 is 20.4 Å². The molecule has 51 valence electrons. The van der Waals surface area contributed by atoms with Crippen LogP contribution < -0.4 is 3.87 Å². The zero-order valence-corrected chi connectivity index (χ0v) is 8.22. The second-order valence-corrected chi connectivity index (χ2v) is 3.52. The molecule has 1 heteroatoms. The van der Waals surface area contributed by atoms with Crippen LogP contribution in [0.15, 0.2) is 12.1 Å². The van der Waals surface area contributed by atoms with Gasteiger partial charge in [0.05, 0.1) is 0 Å². The first-order valence-electron chi connectivity index (χ1n) is 3.41. The van der Waals surface area contributed by atoms with Crippen LogP contribution in [0.1, 0.15) is 16.7 Å². The van der Waals surface area contributed by atoms with Crippen LogP contribution in [0, 0.1) is 20.8 Å². The fourth-order valence-corrected chi connectivity index (χ4v) is 1.38. The van der Waals surface area contributed by atoms with Gasteiger partial charge >= 0.3 is 73.9 Å². The summed E-state index contributed by atoms with van der Waals surface area (Å²) in [6.45, 7) is 6.51. The van der Waals surface area contributed by atoms with E-state index in [0.29, 0.717) is 0 Å². The van der Waals surface area contributed by atoms with E-state index >= 15 is 0 Å². The molecule has 0 atom stereocenters. The third-order valence-corrected chi connectivity index (χ3v) is 2.90. The van der Waals surface area contributed by atoms with Crippen molar-refractivity contribution in [2.75, 3.05) is 0 Å². The van der Waals surface area contributed by atoms with Crippen LogP contribution >= 0.6 is 0 Å². The molecule has 0 amide bonds. The normalized spacial score (nSPS) is 9.80. The van der Waals surface area contributed by atoms with Gasteiger partial charge in [0.15, 0.2) is 0 Å². The minimum atomic E-state index is 1.39. The second kappa shape index (κ2) is 2.90. The third kappa shape index (κ3) is 1.33. The Morgan fingerprint density at radius 3 is 2.10 bits per heavy atom. The number of benzene rings is 1. The SMILES string of the molecule is Cc1cc[c]([Ti])c(C)c1C. The molecule has 0 aliphatic heterocycles. The standard InChI is InChI=1S/C9H11.Ti/c1-7-5-4-6-8(2)9(7)3;/h4-5H,1-3H3;. The number of rotatable bonds is 0. The Labute approximate surface area is 74.1 Å². The van der Waals surface area contributed by atoms with Crippen LogP contribution in [-0.4, -0.2) is 0 Å². The van der Waals surface area contributed by atoms with Crippen molar-refractivity contribution in [3.05, 3.63) is 28.8 Å². The van der Waals surface area contributed by atoms with E-state index in [4.69, 9.17) is 0 Å². The van der Waals surface area contributed by atoms with E-state index in [0.717, 1.165) is 0 Å². The molecule has 0 saturated carbocycles. The van der Waals surface area contributed by atoms with Gasteiger partial charge in [-0.2, -0.15) is 0 Å². The Morgan fingerprint density at radius 2 is 1.60 bits per heavy atom. The Bertz CT molecular complexity index is 224. The maximum absolute atomic E-state index is 2.18. The van der Waals surface area contributed by atoms with Gasteiger partial charge < -0.3 is 0 Å². The van der Waals surface area contributed by atoms with E-state index < -0.39 is 0 Å². The zero-order chi connectivity index (χ0) is 7.72. The van der Waals surface area contributed by atoms with E-state index in [1.54, 1.807) is 0 Å². The molecular formula is C9H11Ti. The Hall–Kier alpha value is -0.0657. The molecule has 0 aromatic heterocycles. The molecule has 0 aliphatic rings. The third-order valence-electron chi connectivity index (χ3n) is 2.06. The van der Waals surface area contributed by atoms with Gasteiger partial charge in [-0.1, -0.05) is 0 Å². The summed E-state index contributed by atoms with van der Waals surface area (Å²) in [5.74, 6) is 0. The summed E-state index contributed by atoms with van der Waals surface area (Å²) in [7, 11) is 0. The van der Waals surface area contributed by atoms with Crippen molar-refractivity contribution >= 4 is 3.87 Å². The minimum absolute atomic E-state index is 1.39. The Morgan fingerprint density at radius 1 is 1.00 bits per heavy atom. The molecule has 0 fully saturated rings. The molecular weight excluding hydrogens is 156 g/mol.